The molecule has 7 heteroatoms. The van der Waals surface area contributed by atoms with Crippen LogP contribution in [0.5, 0.6) is 5.88 Å². The Balaban J connectivity index is 1.41. The van der Waals surface area contributed by atoms with Crippen LogP contribution in [0.25, 0.3) is 0 Å². The van der Waals surface area contributed by atoms with Gasteiger partial charge in [0.2, 0.25) is 12.3 Å². The van der Waals surface area contributed by atoms with E-state index in [0.29, 0.717) is 24.7 Å². The lowest BCUT2D eigenvalue weighted by atomic mass is 9.99. The molecule has 156 valence electrons. The van der Waals surface area contributed by atoms with E-state index in [4.69, 9.17) is 4.74 Å². The standard InChI is InChI=1S/C22H29FN4O2/c1-24-10-8-17-5-7-21(26-22(17)25-16-28)29-13-3-2-11-27-12-9-18-14-20(23)6-4-19(18)15-27/h4-7,14,16,24H,2-3,8-13,15H2,1H3,(H,25,26,28). The first-order valence-electron chi connectivity index (χ1n) is 10.2. The number of nitrogens with one attached hydrogen (secondary N) is 2. The molecule has 0 saturated carbocycles. The minimum Gasteiger partial charge on any atom is -0.478 e. The largest absolute Gasteiger partial charge is 0.478 e. The van der Waals surface area contributed by atoms with Gasteiger partial charge >= 0.3 is 0 Å². The number of hydrogen-bond donors (Lipinski definition) is 2. The minimum absolute atomic E-state index is 0.149. The van der Waals surface area contributed by atoms with Crippen LogP contribution in [-0.2, 0) is 24.2 Å². The number of carbonyl (C=O) groups is 1. The molecule has 0 radical (unpaired) electrons. The van der Waals surface area contributed by atoms with E-state index in [0.717, 1.165) is 63.0 Å². The number of amides is 1. The minimum atomic E-state index is -0.149. The highest BCUT2D eigenvalue weighted by atomic mass is 19.1. The fourth-order valence-electron chi connectivity index (χ4n) is 3.58. The van der Waals surface area contributed by atoms with Gasteiger partial charge in [0.1, 0.15) is 11.6 Å². The van der Waals surface area contributed by atoms with Gasteiger partial charge in [0.25, 0.3) is 0 Å². The predicted octanol–water partition coefficient (Wildman–Crippen LogP) is 2.77. The Labute approximate surface area is 171 Å². The summed E-state index contributed by atoms with van der Waals surface area (Å²) in [4.78, 5) is 17.6. The molecule has 0 bridgehead atoms. The molecule has 0 saturated heterocycles. The first kappa shape index (κ1) is 21.2. The van der Waals surface area contributed by atoms with E-state index in [1.165, 1.54) is 5.56 Å². The maximum atomic E-state index is 13.3. The van der Waals surface area contributed by atoms with Crippen molar-refractivity contribution in [2.75, 3.05) is 38.6 Å². The Bertz CT molecular complexity index is 815. The number of fused-ring (bicyclic) bond motifs is 1. The second kappa shape index (κ2) is 10.9. The lowest BCUT2D eigenvalue weighted by Gasteiger charge is -2.28. The average molecular weight is 400 g/mol. The molecule has 1 aromatic heterocycles. The maximum absolute atomic E-state index is 13.3. The van der Waals surface area contributed by atoms with Crippen molar-refractivity contribution in [2.45, 2.75) is 32.2 Å². The van der Waals surface area contributed by atoms with Gasteiger partial charge in [-0.2, -0.15) is 4.98 Å². The number of pyridine rings is 1. The normalized spacial score (nSPS) is 13.7. The third kappa shape index (κ3) is 6.24. The van der Waals surface area contributed by atoms with Crippen LogP contribution in [0, 0.1) is 5.82 Å². The van der Waals surface area contributed by atoms with Gasteiger partial charge in [-0.15, -0.1) is 0 Å². The summed E-state index contributed by atoms with van der Waals surface area (Å²) in [6.07, 6.45) is 4.27. The van der Waals surface area contributed by atoms with Gasteiger partial charge in [-0.25, -0.2) is 4.39 Å². The van der Waals surface area contributed by atoms with E-state index < -0.39 is 0 Å². The molecule has 6 nitrogen and oxygen atoms in total. The number of rotatable bonds is 11. The van der Waals surface area contributed by atoms with Gasteiger partial charge in [-0.1, -0.05) is 6.07 Å². The second-order valence-electron chi connectivity index (χ2n) is 7.27. The SMILES string of the molecule is CNCCc1ccc(OCCCCN2CCc3cc(F)ccc3C2)nc1NC=O. The highest BCUT2D eigenvalue weighted by Gasteiger charge is 2.16. The second-order valence-corrected chi connectivity index (χ2v) is 7.27. The van der Waals surface area contributed by atoms with Crippen LogP contribution in [0.1, 0.15) is 29.5 Å². The molecule has 1 aliphatic rings. The summed E-state index contributed by atoms with van der Waals surface area (Å²) in [5.41, 5.74) is 3.34. The molecule has 2 heterocycles. The van der Waals surface area contributed by atoms with Gasteiger partial charge in [0.15, 0.2) is 0 Å². The average Bonchev–Trinajstić information content (AvgIpc) is 2.73. The predicted molar refractivity (Wildman–Crippen MR) is 112 cm³/mol. The van der Waals surface area contributed by atoms with Gasteiger partial charge in [0, 0.05) is 19.2 Å². The topological polar surface area (TPSA) is 66.5 Å². The summed E-state index contributed by atoms with van der Waals surface area (Å²) in [6, 6.07) is 8.89. The summed E-state index contributed by atoms with van der Waals surface area (Å²) >= 11 is 0. The lowest BCUT2D eigenvalue weighted by molar-refractivity contribution is -0.105. The van der Waals surface area contributed by atoms with Crippen LogP contribution in [0.4, 0.5) is 10.2 Å². The number of likely N-dealkylation sites (N-methyl/N-ethyl adjacent to an activating group) is 1. The van der Waals surface area contributed by atoms with Crippen molar-refractivity contribution in [3.8, 4) is 5.88 Å². The van der Waals surface area contributed by atoms with Crippen molar-refractivity contribution >= 4 is 12.2 Å². The van der Waals surface area contributed by atoms with Crippen LogP contribution in [0.3, 0.4) is 0 Å². The summed E-state index contributed by atoms with van der Waals surface area (Å²) in [5, 5.41) is 5.74. The number of benzene rings is 1. The quantitative estimate of drug-likeness (QED) is 0.449. The van der Waals surface area contributed by atoms with Crippen LogP contribution in [0.2, 0.25) is 0 Å². The molecule has 0 aliphatic carbocycles. The van der Waals surface area contributed by atoms with Crippen LogP contribution < -0.4 is 15.4 Å². The first-order chi connectivity index (χ1) is 14.2. The van der Waals surface area contributed by atoms with E-state index in [1.54, 1.807) is 12.1 Å². The summed E-state index contributed by atoms with van der Waals surface area (Å²) in [5.74, 6) is 0.928. The fraction of sp³-hybridized carbons (Fsp3) is 0.455. The third-order valence-corrected chi connectivity index (χ3v) is 5.17. The van der Waals surface area contributed by atoms with Crippen molar-refractivity contribution in [1.29, 1.82) is 0 Å². The fourth-order valence-corrected chi connectivity index (χ4v) is 3.58. The van der Waals surface area contributed by atoms with Gasteiger partial charge < -0.3 is 15.4 Å². The number of halogens is 1. The summed E-state index contributed by atoms with van der Waals surface area (Å²) in [7, 11) is 1.89. The third-order valence-electron chi connectivity index (χ3n) is 5.17. The Kier molecular flexibility index (Phi) is 7.95. The van der Waals surface area contributed by atoms with Crippen molar-refractivity contribution in [3.05, 3.63) is 52.8 Å². The molecule has 3 rings (SSSR count). The first-order valence-corrected chi connectivity index (χ1v) is 10.2. The molecular weight excluding hydrogens is 371 g/mol. The molecule has 29 heavy (non-hydrogen) atoms. The molecule has 1 amide bonds. The zero-order valence-electron chi connectivity index (χ0n) is 16.9. The lowest BCUT2D eigenvalue weighted by Crippen LogP contribution is -2.31. The van der Waals surface area contributed by atoms with Gasteiger partial charge in [-0.05, 0) is 80.7 Å². The van der Waals surface area contributed by atoms with Gasteiger partial charge in [-0.3, -0.25) is 9.69 Å². The molecule has 0 spiro atoms. The van der Waals surface area contributed by atoms with E-state index in [-0.39, 0.29) is 5.82 Å². The molecule has 1 aliphatic heterocycles. The van der Waals surface area contributed by atoms with Crippen molar-refractivity contribution in [3.63, 3.8) is 0 Å². The number of nitrogens with zero attached hydrogens (tertiary/aromatic N) is 2. The molecule has 0 unspecified atom stereocenters. The Hall–Kier alpha value is -2.51. The zero-order chi connectivity index (χ0) is 20.5. The highest BCUT2D eigenvalue weighted by molar-refractivity contribution is 5.71. The Morgan fingerprint density at radius 3 is 2.97 bits per heavy atom. The number of carbonyl (C=O) groups excluding carboxylic acids is 1. The van der Waals surface area contributed by atoms with Crippen LogP contribution >= 0.6 is 0 Å². The summed E-state index contributed by atoms with van der Waals surface area (Å²) < 4.78 is 19.1. The summed E-state index contributed by atoms with van der Waals surface area (Å²) in [6.45, 7) is 4.24. The Morgan fingerprint density at radius 2 is 2.14 bits per heavy atom. The molecule has 0 fully saturated rings. The molecule has 2 N–H and O–H groups in total. The number of unbranched alkanes of at least 4 members (excludes halogenated alkanes) is 1. The number of ether oxygens (including phenoxy) is 1. The van der Waals surface area contributed by atoms with E-state index in [1.807, 2.05) is 25.2 Å². The number of anilines is 1. The molecule has 1 aromatic carbocycles. The Morgan fingerprint density at radius 1 is 1.24 bits per heavy atom. The van der Waals surface area contributed by atoms with Crippen molar-refractivity contribution in [1.82, 2.24) is 15.2 Å². The van der Waals surface area contributed by atoms with Crippen molar-refractivity contribution in [2.24, 2.45) is 0 Å². The van der Waals surface area contributed by atoms with E-state index >= 15 is 0 Å². The van der Waals surface area contributed by atoms with Gasteiger partial charge in [0.05, 0.1) is 6.61 Å². The van der Waals surface area contributed by atoms with Crippen LogP contribution in [-0.4, -0.2) is 49.6 Å². The zero-order valence-corrected chi connectivity index (χ0v) is 16.9. The molecule has 0 atom stereocenters. The highest BCUT2D eigenvalue weighted by Crippen LogP contribution is 2.21. The number of hydrogen-bond acceptors (Lipinski definition) is 5. The molecule has 2 aromatic rings. The number of aromatic nitrogens is 1. The monoisotopic (exact) mass is 400 g/mol. The van der Waals surface area contributed by atoms with E-state index in [2.05, 4.69) is 20.5 Å². The van der Waals surface area contributed by atoms with Crippen LogP contribution in [0.15, 0.2) is 30.3 Å². The van der Waals surface area contributed by atoms with Crippen molar-refractivity contribution < 1.29 is 13.9 Å². The van der Waals surface area contributed by atoms with E-state index in [9.17, 15) is 9.18 Å². The smallest absolute Gasteiger partial charge is 0.215 e. The molecular formula is C22H29FN4O2. The maximum Gasteiger partial charge on any atom is 0.215 e.